The van der Waals surface area contributed by atoms with Crippen LogP contribution in [0.1, 0.15) is 32.8 Å². The average molecular weight is 207 g/mol. The number of nitrogens with zero attached hydrogens (tertiary/aromatic N) is 2. The van der Waals surface area contributed by atoms with E-state index in [1.807, 2.05) is 20.8 Å². The van der Waals surface area contributed by atoms with Crippen LogP contribution in [0.25, 0.3) is 0 Å². The fourth-order valence-corrected chi connectivity index (χ4v) is 1.00. The Hall–Kier alpha value is -1.45. The number of aromatic nitrogens is 2. The Labute approximate surface area is 90.1 Å². The Bertz CT molecular complexity index is 322. The summed E-state index contributed by atoms with van der Waals surface area (Å²) in [5.41, 5.74) is 0.605. The zero-order valence-electron chi connectivity index (χ0n) is 9.45. The van der Waals surface area contributed by atoms with Crippen molar-refractivity contribution in [1.82, 2.24) is 15.3 Å². The molecule has 1 N–H and O–H groups in total. The van der Waals surface area contributed by atoms with Crippen molar-refractivity contribution >= 4 is 5.91 Å². The van der Waals surface area contributed by atoms with Gasteiger partial charge < -0.3 is 5.32 Å². The molecule has 1 amide bonds. The Kier molecular flexibility index (Phi) is 3.77. The predicted octanol–water partition coefficient (Wildman–Crippen LogP) is 1.53. The van der Waals surface area contributed by atoms with Crippen LogP contribution < -0.4 is 5.32 Å². The minimum atomic E-state index is -0.310. The highest BCUT2D eigenvalue weighted by molar-refractivity contribution is 5.81. The summed E-state index contributed by atoms with van der Waals surface area (Å²) in [5, 5.41) is 2.87. The molecule has 0 unspecified atom stereocenters. The van der Waals surface area contributed by atoms with Gasteiger partial charge in [-0.25, -0.2) is 9.97 Å². The summed E-state index contributed by atoms with van der Waals surface area (Å²) in [4.78, 5) is 19.5. The van der Waals surface area contributed by atoms with Crippen molar-refractivity contribution in [3.05, 3.63) is 24.3 Å². The molecule has 1 aromatic rings. The SMILES string of the molecule is CCC(C)(C)C(=O)NCc1cncnc1. The van der Waals surface area contributed by atoms with Crippen LogP contribution in [-0.4, -0.2) is 15.9 Å². The van der Waals surface area contributed by atoms with Crippen molar-refractivity contribution in [3.63, 3.8) is 0 Å². The second kappa shape index (κ2) is 4.87. The van der Waals surface area contributed by atoms with Gasteiger partial charge in [-0.2, -0.15) is 0 Å². The van der Waals surface area contributed by atoms with Gasteiger partial charge >= 0.3 is 0 Å². The van der Waals surface area contributed by atoms with E-state index >= 15 is 0 Å². The summed E-state index contributed by atoms with van der Waals surface area (Å²) in [6.07, 6.45) is 5.70. The number of hydrogen-bond donors (Lipinski definition) is 1. The quantitative estimate of drug-likeness (QED) is 0.814. The lowest BCUT2D eigenvalue weighted by Crippen LogP contribution is -2.36. The summed E-state index contributed by atoms with van der Waals surface area (Å²) in [7, 11) is 0. The summed E-state index contributed by atoms with van der Waals surface area (Å²) in [6, 6.07) is 0. The summed E-state index contributed by atoms with van der Waals surface area (Å²) in [6.45, 7) is 6.36. The van der Waals surface area contributed by atoms with E-state index in [4.69, 9.17) is 0 Å². The number of carbonyl (C=O) groups excluding carboxylic acids is 1. The molecule has 0 spiro atoms. The lowest BCUT2D eigenvalue weighted by atomic mass is 9.89. The molecule has 1 aromatic heterocycles. The number of amides is 1. The highest BCUT2D eigenvalue weighted by Gasteiger charge is 2.24. The maximum absolute atomic E-state index is 11.7. The first-order chi connectivity index (χ1) is 7.06. The zero-order valence-corrected chi connectivity index (χ0v) is 9.45. The molecule has 1 heterocycles. The van der Waals surface area contributed by atoms with Crippen molar-refractivity contribution in [1.29, 1.82) is 0 Å². The average Bonchev–Trinajstić information content (AvgIpc) is 2.27. The van der Waals surface area contributed by atoms with Gasteiger partial charge in [-0.1, -0.05) is 20.8 Å². The predicted molar refractivity (Wildman–Crippen MR) is 58.0 cm³/mol. The van der Waals surface area contributed by atoms with Crippen molar-refractivity contribution < 1.29 is 4.79 Å². The normalized spacial score (nSPS) is 11.1. The largest absolute Gasteiger partial charge is 0.351 e. The molecule has 0 aliphatic carbocycles. The van der Waals surface area contributed by atoms with Crippen LogP contribution in [0.15, 0.2) is 18.7 Å². The molecule has 0 aliphatic rings. The lowest BCUT2D eigenvalue weighted by Gasteiger charge is -2.21. The van der Waals surface area contributed by atoms with Crippen LogP contribution in [-0.2, 0) is 11.3 Å². The van der Waals surface area contributed by atoms with E-state index < -0.39 is 0 Å². The van der Waals surface area contributed by atoms with Gasteiger partial charge in [0.05, 0.1) is 0 Å². The van der Waals surface area contributed by atoms with Gasteiger partial charge in [0.2, 0.25) is 5.91 Å². The first-order valence-corrected chi connectivity index (χ1v) is 5.08. The van der Waals surface area contributed by atoms with Crippen LogP contribution in [0.3, 0.4) is 0 Å². The first kappa shape index (κ1) is 11.6. The molecule has 0 saturated heterocycles. The third-order valence-corrected chi connectivity index (χ3v) is 2.57. The summed E-state index contributed by atoms with van der Waals surface area (Å²) in [5.74, 6) is 0.0638. The maximum atomic E-state index is 11.7. The minimum absolute atomic E-state index is 0.0638. The van der Waals surface area contributed by atoms with Gasteiger partial charge in [-0.05, 0) is 6.42 Å². The van der Waals surface area contributed by atoms with Crippen LogP contribution in [0.2, 0.25) is 0 Å². The van der Waals surface area contributed by atoms with Crippen LogP contribution in [0.4, 0.5) is 0 Å². The fourth-order valence-electron chi connectivity index (χ4n) is 1.00. The Morgan fingerprint density at radius 3 is 2.53 bits per heavy atom. The zero-order chi connectivity index (χ0) is 11.3. The van der Waals surface area contributed by atoms with Crippen LogP contribution in [0.5, 0.6) is 0 Å². The van der Waals surface area contributed by atoms with Gasteiger partial charge in [0, 0.05) is 29.9 Å². The fraction of sp³-hybridized carbons (Fsp3) is 0.545. The van der Waals surface area contributed by atoms with Crippen molar-refractivity contribution in [2.45, 2.75) is 33.7 Å². The van der Waals surface area contributed by atoms with E-state index in [1.54, 1.807) is 12.4 Å². The van der Waals surface area contributed by atoms with Gasteiger partial charge in [0.25, 0.3) is 0 Å². The highest BCUT2D eigenvalue weighted by atomic mass is 16.2. The van der Waals surface area contributed by atoms with Crippen LogP contribution in [0, 0.1) is 5.41 Å². The molecule has 0 aliphatic heterocycles. The van der Waals surface area contributed by atoms with Crippen molar-refractivity contribution in [2.75, 3.05) is 0 Å². The third kappa shape index (κ3) is 3.31. The molecule has 0 saturated carbocycles. The molecule has 0 atom stereocenters. The molecule has 1 rings (SSSR count). The smallest absolute Gasteiger partial charge is 0.225 e. The monoisotopic (exact) mass is 207 g/mol. The second-order valence-electron chi connectivity index (χ2n) is 4.17. The van der Waals surface area contributed by atoms with Crippen molar-refractivity contribution in [2.24, 2.45) is 5.41 Å². The molecule has 0 fully saturated rings. The van der Waals surface area contributed by atoms with Crippen LogP contribution >= 0.6 is 0 Å². The van der Waals surface area contributed by atoms with Gasteiger partial charge in [-0.15, -0.1) is 0 Å². The Morgan fingerprint density at radius 1 is 1.40 bits per heavy atom. The number of hydrogen-bond acceptors (Lipinski definition) is 3. The standard InChI is InChI=1S/C11H17N3O/c1-4-11(2,3)10(15)14-7-9-5-12-8-13-6-9/h5-6,8H,4,7H2,1-3H3,(H,14,15). The second-order valence-corrected chi connectivity index (χ2v) is 4.17. The minimum Gasteiger partial charge on any atom is -0.351 e. The molecule has 0 bridgehead atoms. The molecule has 82 valence electrons. The number of nitrogens with one attached hydrogen (secondary N) is 1. The molecule has 0 aromatic carbocycles. The first-order valence-electron chi connectivity index (χ1n) is 5.08. The number of rotatable bonds is 4. The van der Waals surface area contributed by atoms with E-state index in [2.05, 4.69) is 15.3 Å². The van der Waals surface area contributed by atoms with Gasteiger partial charge in [-0.3, -0.25) is 4.79 Å². The molecule has 4 heteroatoms. The highest BCUT2D eigenvalue weighted by Crippen LogP contribution is 2.19. The van der Waals surface area contributed by atoms with E-state index in [1.165, 1.54) is 6.33 Å². The molecular formula is C11H17N3O. The Morgan fingerprint density at radius 2 is 2.00 bits per heavy atom. The third-order valence-electron chi connectivity index (χ3n) is 2.57. The summed E-state index contributed by atoms with van der Waals surface area (Å²) >= 11 is 0. The maximum Gasteiger partial charge on any atom is 0.225 e. The van der Waals surface area contributed by atoms with E-state index in [9.17, 15) is 4.79 Å². The summed E-state index contributed by atoms with van der Waals surface area (Å²) < 4.78 is 0. The topological polar surface area (TPSA) is 54.9 Å². The molecule has 0 radical (unpaired) electrons. The van der Waals surface area contributed by atoms with E-state index in [0.717, 1.165) is 12.0 Å². The Balaban J connectivity index is 2.48. The van der Waals surface area contributed by atoms with Gasteiger partial charge in [0.1, 0.15) is 6.33 Å². The van der Waals surface area contributed by atoms with E-state index in [0.29, 0.717) is 6.54 Å². The van der Waals surface area contributed by atoms with E-state index in [-0.39, 0.29) is 11.3 Å². The van der Waals surface area contributed by atoms with Gasteiger partial charge in [0.15, 0.2) is 0 Å². The lowest BCUT2D eigenvalue weighted by molar-refractivity contribution is -0.129. The molecule has 4 nitrogen and oxygen atoms in total. The van der Waals surface area contributed by atoms with Crippen molar-refractivity contribution in [3.8, 4) is 0 Å². The molecular weight excluding hydrogens is 190 g/mol. The number of carbonyl (C=O) groups is 1. The molecule has 15 heavy (non-hydrogen) atoms.